The Bertz CT molecular complexity index is 316. The Balaban J connectivity index is 2.59. The molecule has 1 amide bonds. The fraction of sp³-hybridized carbons (Fsp3) is 0.100. The van der Waals surface area contributed by atoms with Gasteiger partial charge in [-0.2, -0.15) is 0 Å². The number of primary amides is 1. The molecule has 3 heteroatoms. The lowest BCUT2D eigenvalue weighted by molar-refractivity contribution is -0.117. The topological polar surface area (TPSA) is 43.1 Å². The SMILES string of the molecule is NC(=O)C/C=C/c1ccc(F)cc1. The van der Waals surface area contributed by atoms with Crippen LogP contribution in [0.1, 0.15) is 12.0 Å². The molecule has 68 valence electrons. The molecular formula is C10H10FNO. The number of carbonyl (C=O) groups is 1. The summed E-state index contributed by atoms with van der Waals surface area (Å²) in [7, 11) is 0. The predicted octanol–water partition coefficient (Wildman–Crippen LogP) is 1.71. The van der Waals surface area contributed by atoms with E-state index in [-0.39, 0.29) is 18.1 Å². The van der Waals surface area contributed by atoms with Crippen molar-refractivity contribution in [1.82, 2.24) is 0 Å². The molecule has 0 bridgehead atoms. The lowest BCUT2D eigenvalue weighted by Crippen LogP contribution is -2.07. The normalized spacial score (nSPS) is 10.5. The molecule has 0 aliphatic carbocycles. The van der Waals surface area contributed by atoms with E-state index in [4.69, 9.17) is 5.73 Å². The maximum atomic E-state index is 12.4. The second kappa shape index (κ2) is 4.40. The molecule has 0 aliphatic heterocycles. The van der Waals surface area contributed by atoms with Gasteiger partial charge in [0.2, 0.25) is 5.91 Å². The molecule has 0 spiro atoms. The standard InChI is InChI=1S/C10H10FNO/c11-9-6-4-8(5-7-9)2-1-3-10(12)13/h1-2,4-7H,3H2,(H2,12,13)/b2-1+. The molecule has 0 saturated heterocycles. The summed E-state index contributed by atoms with van der Waals surface area (Å²) in [5.74, 6) is -0.648. The van der Waals surface area contributed by atoms with Crippen LogP contribution in [0.3, 0.4) is 0 Å². The third-order valence-corrected chi connectivity index (χ3v) is 1.50. The number of benzene rings is 1. The molecular weight excluding hydrogens is 169 g/mol. The Labute approximate surface area is 75.9 Å². The molecule has 1 aromatic rings. The molecule has 0 aliphatic rings. The van der Waals surface area contributed by atoms with Crippen molar-refractivity contribution in [2.75, 3.05) is 0 Å². The van der Waals surface area contributed by atoms with Gasteiger partial charge in [0.1, 0.15) is 5.82 Å². The van der Waals surface area contributed by atoms with E-state index in [0.29, 0.717) is 0 Å². The van der Waals surface area contributed by atoms with E-state index in [9.17, 15) is 9.18 Å². The molecule has 0 atom stereocenters. The molecule has 0 saturated carbocycles. The highest BCUT2D eigenvalue weighted by Crippen LogP contribution is 2.04. The van der Waals surface area contributed by atoms with Gasteiger partial charge in [-0.1, -0.05) is 24.3 Å². The van der Waals surface area contributed by atoms with Crippen molar-refractivity contribution in [3.8, 4) is 0 Å². The quantitative estimate of drug-likeness (QED) is 0.754. The molecule has 0 aromatic heterocycles. The zero-order valence-corrected chi connectivity index (χ0v) is 7.03. The van der Waals surface area contributed by atoms with Crippen LogP contribution < -0.4 is 5.73 Å². The third kappa shape index (κ3) is 3.51. The number of nitrogens with two attached hydrogens (primary N) is 1. The first-order valence-corrected chi connectivity index (χ1v) is 3.89. The Morgan fingerprint density at radius 1 is 1.38 bits per heavy atom. The highest BCUT2D eigenvalue weighted by molar-refractivity contribution is 5.76. The van der Waals surface area contributed by atoms with Gasteiger partial charge < -0.3 is 5.73 Å². The van der Waals surface area contributed by atoms with Crippen LogP contribution in [0.25, 0.3) is 6.08 Å². The van der Waals surface area contributed by atoms with Crippen LogP contribution in [-0.4, -0.2) is 5.91 Å². The third-order valence-electron chi connectivity index (χ3n) is 1.50. The molecule has 0 heterocycles. The smallest absolute Gasteiger partial charge is 0.221 e. The molecule has 0 unspecified atom stereocenters. The monoisotopic (exact) mass is 179 g/mol. The average Bonchev–Trinajstić information content (AvgIpc) is 2.08. The number of amides is 1. The van der Waals surface area contributed by atoms with Crippen molar-refractivity contribution in [3.63, 3.8) is 0 Å². The van der Waals surface area contributed by atoms with Crippen molar-refractivity contribution in [2.24, 2.45) is 5.73 Å². The van der Waals surface area contributed by atoms with Gasteiger partial charge in [-0.15, -0.1) is 0 Å². The molecule has 2 nitrogen and oxygen atoms in total. The first-order chi connectivity index (χ1) is 6.18. The van der Waals surface area contributed by atoms with Gasteiger partial charge in [0.05, 0.1) is 0 Å². The van der Waals surface area contributed by atoms with Crippen molar-refractivity contribution in [3.05, 3.63) is 41.7 Å². The van der Waals surface area contributed by atoms with Crippen LogP contribution in [-0.2, 0) is 4.79 Å². The van der Waals surface area contributed by atoms with Gasteiger partial charge >= 0.3 is 0 Å². The number of halogens is 1. The van der Waals surface area contributed by atoms with Crippen LogP contribution in [0.2, 0.25) is 0 Å². The summed E-state index contributed by atoms with van der Waals surface area (Å²) in [6.07, 6.45) is 3.58. The summed E-state index contributed by atoms with van der Waals surface area (Å²) in [4.78, 5) is 10.4. The summed E-state index contributed by atoms with van der Waals surface area (Å²) >= 11 is 0. The number of hydrogen-bond donors (Lipinski definition) is 1. The van der Waals surface area contributed by atoms with Crippen LogP contribution >= 0.6 is 0 Å². The van der Waals surface area contributed by atoms with Crippen LogP contribution in [0, 0.1) is 5.82 Å². The molecule has 0 fully saturated rings. The molecule has 13 heavy (non-hydrogen) atoms. The van der Waals surface area contributed by atoms with E-state index in [1.165, 1.54) is 12.1 Å². The maximum absolute atomic E-state index is 12.4. The minimum absolute atomic E-state index is 0.206. The van der Waals surface area contributed by atoms with E-state index < -0.39 is 0 Å². The van der Waals surface area contributed by atoms with Gasteiger partial charge in [0, 0.05) is 6.42 Å². The van der Waals surface area contributed by atoms with Gasteiger partial charge in [-0.3, -0.25) is 4.79 Å². The molecule has 2 N–H and O–H groups in total. The van der Waals surface area contributed by atoms with Crippen molar-refractivity contribution >= 4 is 12.0 Å². The Morgan fingerprint density at radius 3 is 2.54 bits per heavy atom. The maximum Gasteiger partial charge on any atom is 0.221 e. The number of rotatable bonds is 3. The fourth-order valence-electron chi connectivity index (χ4n) is 0.885. The highest BCUT2D eigenvalue weighted by atomic mass is 19.1. The molecule has 0 radical (unpaired) electrons. The summed E-state index contributed by atoms with van der Waals surface area (Å²) in [5.41, 5.74) is 5.78. The molecule has 1 aromatic carbocycles. The van der Waals surface area contributed by atoms with Gasteiger partial charge in [-0.05, 0) is 17.7 Å². The largest absolute Gasteiger partial charge is 0.369 e. The van der Waals surface area contributed by atoms with E-state index in [1.54, 1.807) is 24.3 Å². The summed E-state index contributed by atoms with van der Waals surface area (Å²) < 4.78 is 12.4. The van der Waals surface area contributed by atoms with Gasteiger partial charge in [0.25, 0.3) is 0 Å². The van der Waals surface area contributed by atoms with Crippen LogP contribution in [0.5, 0.6) is 0 Å². The average molecular weight is 179 g/mol. The Morgan fingerprint density at radius 2 is 2.00 bits per heavy atom. The van der Waals surface area contributed by atoms with E-state index in [2.05, 4.69) is 0 Å². The molecule has 1 rings (SSSR count). The summed E-state index contributed by atoms with van der Waals surface area (Å²) in [6.45, 7) is 0. The van der Waals surface area contributed by atoms with E-state index >= 15 is 0 Å². The fourth-order valence-corrected chi connectivity index (χ4v) is 0.885. The highest BCUT2D eigenvalue weighted by Gasteiger charge is 1.89. The first-order valence-electron chi connectivity index (χ1n) is 3.89. The van der Waals surface area contributed by atoms with Crippen LogP contribution in [0.15, 0.2) is 30.3 Å². The predicted molar refractivity (Wildman–Crippen MR) is 49.2 cm³/mol. The first kappa shape index (κ1) is 9.45. The lowest BCUT2D eigenvalue weighted by Gasteiger charge is -1.91. The van der Waals surface area contributed by atoms with Crippen molar-refractivity contribution < 1.29 is 9.18 Å². The Hall–Kier alpha value is -1.64. The van der Waals surface area contributed by atoms with Crippen LogP contribution in [0.4, 0.5) is 4.39 Å². The lowest BCUT2D eigenvalue weighted by atomic mass is 10.2. The van der Waals surface area contributed by atoms with Crippen molar-refractivity contribution in [2.45, 2.75) is 6.42 Å². The number of carbonyl (C=O) groups excluding carboxylic acids is 1. The van der Waals surface area contributed by atoms with Crippen molar-refractivity contribution in [1.29, 1.82) is 0 Å². The summed E-state index contributed by atoms with van der Waals surface area (Å²) in [5, 5.41) is 0. The minimum Gasteiger partial charge on any atom is -0.369 e. The van der Waals surface area contributed by atoms with Gasteiger partial charge in [-0.25, -0.2) is 4.39 Å². The zero-order valence-electron chi connectivity index (χ0n) is 7.03. The van der Waals surface area contributed by atoms with Gasteiger partial charge in [0.15, 0.2) is 0 Å². The minimum atomic E-state index is -0.377. The Kier molecular flexibility index (Phi) is 3.20. The zero-order chi connectivity index (χ0) is 9.68. The second-order valence-corrected chi connectivity index (χ2v) is 2.62. The second-order valence-electron chi connectivity index (χ2n) is 2.62. The number of hydrogen-bond acceptors (Lipinski definition) is 1. The van der Waals surface area contributed by atoms with E-state index in [1.807, 2.05) is 0 Å². The van der Waals surface area contributed by atoms with E-state index in [0.717, 1.165) is 5.56 Å². The summed E-state index contributed by atoms with van der Waals surface area (Å²) in [6, 6.07) is 5.99.